The van der Waals surface area contributed by atoms with Gasteiger partial charge in [0.1, 0.15) is 5.82 Å². The SMILES string of the molecule is CNc1cn2cc(-c3c(C)c(F)c(NC(C)CCO)c4[nH]ncc34)ncc2n1. The molecule has 0 fully saturated rings. The lowest BCUT2D eigenvalue weighted by Gasteiger charge is -2.18. The summed E-state index contributed by atoms with van der Waals surface area (Å²) in [6, 6.07) is -0.0864. The number of aliphatic hydroxyl groups excluding tert-OH is 1. The number of aromatic amines is 1. The number of halogens is 1. The van der Waals surface area contributed by atoms with E-state index < -0.39 is 0 Å². The summed E-state index contributed by atoms with van der Waals surface area (Å²) in [5.41, 5.74) is 3.43. The van der Waals surface area contributed by atoms with Gasteiger partial charge in [-0.25, -0.2) is 9.37 Å². The number of fused-ring (bicyclic) bond motifs is 2. The summed E-state index contributed by atoms with van der Waals surface area (Å²) in [4.78, 5) is 8.89. The van der Waals surface area contributed by atoms with Gasteiger partial charge in [0.25, 0.3) is 0 Å². The second-order valence-corrected chi connectivity index (χ2v) is 6.82. The number of nitrogens with one attached hydrogen (secondary N) is 3. The number of imidazole rings is 1. The first-order valence-corrected chi connectivity index (χ1v) is 9.09. The zero-order valence-corrected chi connectivity index (χ0v) is 15.9. The van der Waals surface area contributed by atoms with E-state index in [1.54, 1.807) is 26.4 Å². The molecule has 4 rings (SSSR count). The molecule has 0 aliphatic rings. The van der Waals surface area contributed by atoms with Crippen LogP contribution in [-0.4, -0.2) is 49.4 Å². The summed E-state index contributed by atoms with van der Waals surface area (Å²) in [7, 11) is 1.80. The third kappa shape index (κ3) is 2.93. The highest BCUT2D eigenvalue weighted by Gasteiger charge is 2.21. The van der Waals surface area contributed by atoms with Crippen molar-refractivity contribution in [1.29, 1.82) is 0 Å². The van der Waals surface area contributed by atoms with E-state index in [-0.39, 0.29) is 18.5 Å². The molecule has 0 amide bonds. The minimum atomic E-state index is -0.361. The molecule has 1 aromatic carbocycles. The van der Waals surface area contributed by atoms with Crippen LogP contribution in [0.1, 0.15) is 18.9 Å². The number of hydrogen-bond acceptors (Lipinski definition) is 6. The molecule has 1 unspecified atom stereocenters. The summed E-state index contributed by atoms with van der Waals surface area (Å²) in [5.74, 6) is 0.368. The monoisotopic (exact) mass is 383 g/mol. The first kappa shape index (κ1) is 18.2. The van der Waals surface area contributed by atoms with E-state index in [9.17, 15) is 0 Å². The van der Waals surface area contributed by atoms with E-state index in [1.807, 2.05) is 23.7 Å². The molecule has 0 saturated carbocycles. The van der Waals surface area contributed by atoms with Gasteiger partial charge >= 0.3 is 0 Å². The molecule has 0 aliphatic carbocycles. The molecule has 1 atom stereocenters. The second kappa shape index (κ2) is 7.08. The molecule has 0 radical (unpaired) electrons. The first-order chi connectivity index (χ1) is 13.5. The lowest BCUT2D eigenvalue weighted by Crippen LogP contribution is -2.18. The molecule has 28 heavy (non-hydrogen) atoms. The van der Waals surface area contributed by atoms with Gasteiger partial charge < -0.3 is 20.1 Å². The maximum Gasteiger partial charge on any atom is 0.157 e. The molecule has 0 saturated heterocycles. The Morgan fingerprint density at radius 1 is 1.32 bits per heavy atom. The van der Waals surface area contributed by atoms with E-state index in [0.717, 1.165) is 11.2 Å². The molecule has 9 heteroatoms. The van der Waals surface area contributed by atoms with Crippen molar-refractivity contribution >= 4 is 28.1 Å². The molecule has 8 nitrogen and oxygen atoms in total. The van der Waals surface area contributed by atoms with E-state index in [1.165, 1.54) is 0 Å². The first-order valence-electron chi connectivity index (χ1n) is 9.09. The summed E-state index contributed by atoms with van der Waals surface area (Å²) in [6.45, 7) is 3.66. The Morgan fingerprint density at radius 2 is 2.14 bits per heavy atom. The van der Waals surface area contributed by atoms with Crippen LogP contribution in [0.3, 0.4) is 0 Å². The molecule has 3 heterocycles. The van der Waals surface area contributed by atoms with Gasteiger partial charge in [-0.3, -0.25) is 10.1 Å². The van der Waals surface area contributed by atoms with Gasteiger partial charge in [-0.15, -0.1) is 0 Å². The molecular formula is C19H22FN7O. The fourth-order valence-electron chi connectivity index (χ4n) is 3.40. The minimum absolute atomic E-state index is 0.0302. The number of H-pyrrole nitrogens is 1. The van der Waals surface area contributed by atoms with Gasteiger partial charge in [-0.1, -0.05) is 0 Å². The van der Waals surface area contributed by atoms with E-state index in [4.69, 9.17) is 5.11 Å². The van der Waals surface area contributed by atoms with Crippen LogP contribution >= 0.6 is 0 Å². The molecule has 0 spiro atoms. The second-order valence-electron chi connectivity index (χ2n) is 6.82. The highest BCUT2D eigenvalue weighted by molar-refractivity contribution is 6.02. The van der Waals surface area contributed by atoms with Crippen molar-refractivity contribution in [1.82, 2.24) is 24.6 Å². The summed E-state index contributed by atoms with van der Waals surface area (Å²) >= 11 is 0. The number of nitrogens with zero attached hydrogens (tertiary/aromatic N) is 4. The maximum atomic E-state index is 15.3. The molecule has 4 aromatic rings. The predicted octanol–water partition coefficient (Wildman–Crippen LogP) is 2.94. The Balaban J connectivity index is 1.88. The predicted molar refractivity (Wildman–Crippen MR) is 107 cm³/mol. The quantitative estimate of drug-likeness (QED) is 0.408. The van der Waals surface area contributed by atoms with Crippen LogP contribution in [0.4, 0.5) is 15.9 Å². The normalized spacial score (nSPS) is 12.6. The highest BCUT2D eigenvalue weighted by atomic mass is 19.1. The smallest absolute Gasteiger partial charge is 0.157 e. The Bertz CT molecular complexity index is 1150. The van der Waals surface area contributed by atoms with Crippen LogP contribution in [0.5, 0.6) is 0 Å². The van der Waals surface area contributed by atoms with E-state index in [2.05, 4.69) is 30.8 Å². The van der Waals surface area contributed by atoms with Gasteiger partial charge in [0.2, 0.25) is 0 Å². The van der Waals surface area contributed by atoms with Gasteiger partial charge in [-0.05, 0) is 25.8 Å². The number of aliphatic hydroxyl groups is 1. The van der Waals surface area contributed by atoms with Gasteiger partial charge in [0.15, 0.2) is 11.5 Å². The lowest BCUT2D eigenvalue weighted by molar-refractivity contribution is 0.282. The standard InChI is InChI=1S/C19H22FN7O/c1-10(4-5-28)24-19-17(20)11(2)16(12-6-23-26-18(12)19)13-8-27-9-14(21-3)25-15(27)7-22-13/h6-10,21,24,28H,4-5H2,1-3H3,(H,23,26). The van der Waals surface area contributed by atoms with Gasteiger partial charge in [0, 0.05) is 36.8 Å². The van der Waals surface area contributed by atoms with Crippen LogP contribution in [0, 0.1) is 12.7 Å². The van der Waals surface area contributed by atoms with Crippen molar-refractivity contribution in [3.63, 3.8) is 0 Å². The fourth-order valence-corrected chi connectivity index (χ4v) is 3.40. The lowest BCUT2D eigenvalue weighted by atomic mass is 9.99. The zero-order valence-electron chi connectivity index (χ0n) is 15.9. The van der Waals surface area contributed by atoms with Crippen molar-refractivity contribution in [3.05, 3.63) is 36.2 Å². The highest BCUT2D eigenvalue weighted by Crippen LogP contribution is 2.37. The molecule has 146 valence electrons. The van der Waals surface area contributed by atoms with Crippen molar-refractivity contribution in [2.24, 2.45) is 0 Å². The Morgan fingerprint density at radius 3 is 2.89 bits per heavy atom. The van der Waals surface area contributed by atoms with Crippen LogP contribution in [0.15, 0.2) is 24.8 Å². The average Bonchev–Trinajstić information content (AvgIpc) is 3.32. The maximum absolute atomic E-state index is 15.3. The van der Waals surface area contributed by atoms with Gasteiger partial charge in [-0.2, -0.15) is 5.10 Å². The third-order valence-corrected chi connectivity index (χ3v) is 4.89. The Labute approximate surface area is 160 Å². The average molecular weight is 383 g/mol. The van der Waals surface area contributed by atoms with Crippen LogP contribution in [0.2, 0.25) is 0 Å². The summed E-state index contributed by atoms with van der Waals surface area (Å²) < 4.78 is 17.2. The molecule has 0 aliphatic heterocycles. The number of hydrogen-bond donors (Lipinski definition) is 4. The third-order valence-electron chi connectivity index (χ3n) is 4.89. The minimum Gasteiger partial charge on any atom is -0.396 e. The largest absolute Gasteiger partial charge is 0.396 e. The van der Waals surface area contributed by atoms with Crippen LogP contribution in [0.25, 0.3) is 27.8 Å². The molecular weight excluding hydrogens is 361 g/mol. The van der Waals surface area contributed by atoms with Crippen LogP contribution in [-0.2, 0) is 0 Å². The van der Waals surface area contributed by atoms with Crippen molar-refractivity contribution in [3.8, 4) is 11.3 Å². The molecule has 3 aromatic heterocycles. The van der Waals surface area contributed by atoms with Crippen LogP contribution < -0.4 is 10.6 Å². The fraction of sp³-hybridized carbons (Fsp3) is 0.316. The van der Waals surface area contributed by atoms with E-state index >= 15 is 4.39 Å². The van der Waals surface area contributed by atoms with Crippen molar-refractivity contribution in [2.75, 3.05) is 24.3 Å². The number of aromatic nitrogens is 5. The van der Waals surface area contributed by atoms with Gasteiger partial charge in [0.05, 0.1) is 35.5 Å². The Hall–Kier alpha value is -3.20. The molecule has 4 N–H and O–H groups in total. The number of anilines is 2. The number of benzene rings is 1. The molecule has 0 bridgehead atoms. The number of rotatable bonds is 6. The zero-order chi connectivity index (χ0) is 19.8. The summed E-state index contributed by atoms with van der Waals surface area (Å²) in [5, 5.41) is 23.1. The van der Waals surface area contributed by atoms with Crippen molar-refractivity contribution < 1.29 is 9.50 Å². The van der Waals surface area contributed by atoms with E-state index in [0.29, 0.717) is 40.1 Å². The Kier molecular flexibility index (Phi) is 4.60. The van der Waals surface area contributed by atoms with Crippen molar-refractivity contribution in [2.45, 2.75) is 26.3 Å². The topological polar surface area (TPSA) is 103 Å². The summed E-state index contributed by atoms with van der Waals surface area (Å²) in [6.07, 6.45) is 7.54.